The molecule has 130 valence electrons. The van der Waals surface area contributed by atoms with E-state index in [1.807, 2.05) is 30.3 Å². The van der Waals surface area contributed by atoms with Gasteiger partial charge < -0.3 is 0 Å². The Morgan fingerprint density at radius 3 is 1.74 bits per heavy atom. The van der Waals surface area contributed by atoms with E-state index < -0.39 is 29.2 Å². The molecule has 3 heteroatoms. The standard InChI is InChI=1S/C8H7OS.3C4H9.Sn/c1-2-10(9)8-6-4-3-5-7-8;3*1-3-4-2;/h3-7H,1H2;3*1,3-4H2,2H3;/t10-;;;;/m1..../s1. The minimum absolute atomic E-state index is 0.947. The zero-order valence-corrected chi connectivity index (χ0v) is 18.9. The van der Waals surface area contributed by atoms with E-state index in [0.29, 0.717) is 0 Å². The van der Waals surface area contributed by atoms with Gasteiger partial charge in [-0.2, -0.15) is 0 Å². The molecule has 0 N–H and O–H groups in total. The van der Waals surface area contributed by atoms with Crippen LogP contribution in [0.5, 0.6) is 0 Å². The van der Waals surface area contributed by atoms with E-state index in [1.54, 1.807) is 0 Å². The maximum atomic E-state index is 13.1. The normalized spacial score (nSPS) is 13.0. The van der Waals surface area contributed by atoms with E-state index in [-0.39, 0.29) is 0 Å². The zero-order chi connectivity index (χ0) is 17.1. The first-order valence-corrected chi connectivity index (χ1v) is 17.9. The Morgan fingerprint density at radius 1 is 0.913 bits per heavy atom. The fraction of sp³-hybridized carbons (Fsp3) is 0.600. The van der Waals surface area contributed by atoms with E-state index >= 15 is 0 Å². The fourth-order valence-corrected chi connectivity index (χ4v) is 24.1. The van der Waals surface area contributed by atoms with Gasteiger partial charge in [0.1, 0.15) is 0 Å². The minimum atomic E-state index is -2.60. The summed E-state index contributed by atoms with van der Waals surface area (Å²) < 4.78 is 18.3. The first kappa shape index (κ1) is 21.0. The average molecular weight is 441 g/mol. The average Bonchev–Trinajstić information content (AvgIpc) is 2.61. The van der Waals surface area contributed by atoms with Crippen LogP contribution in [0.2, 0.25) is 13.3 Å². The van der Waals surface area contributed by atoms with Crippen molar-refractivity contribution in [3.63, 3.8) is 0 Å². The summed E-state index contributed by atoms with van der Waals surface area (Å²) in [5.74, 6) is 0. The van der Waals surface area contributed by atoms with Crippen LogP contribution in [0, 0.1) is 0 Å². The third-order valence-corrected chi connectivity index (χ3v) is 25.0. The van der Waals surface area contributed by atoms with Crippen LogP contribution in [0.4, 0.5) is 0 Å². The van der Waals surface area contributed by atoms with Gasteiger partial charge in [0.15, 0.2) is 0 Å². The maximum absolute atomic E-state index is 13.1. The molecule has 1 aromatic rings. The molecular formula is C20H34OSSn. The molecule has 0 aliphatic rings. The molecule has 0 saturated carbocycles. The molecule has 0 fully saturated rings. The predicted molar refractivity (Wildman–Crippen MR) is 107 cm³/mol. The van der Waals surface area contributed by atoms with Crippen LogP contribution in [0.15, 0.2) is 44.7 Å². The van der Waals surface area contributed by atoms with Crippen molar-refractivity contribution in [1.29, 1.82) is 0 Å². The van der Waals surface area contributed by atoms with Crippen molar-refractivity contribution in [3.8, 4) is 0 Å². The van der Waals surface area contributed by atoms with Gasteiger partial charge in [-0.05, 0) is 0 Å². The second kappa shape index (κ2) is 11.5. The monoisotopic (exact) mass is 442 g/mol. The second-order valence-electron chi connectivity index (χ2n) is 6.60. The number of hydrogen-bond donors (Lipinski definition) is 0. The van der Waals surface area contributed by atoms with Crippen molar-refractivity contribution in [2.24, 2.45) is 0 Å². The summed E-state index contributed by atoms with van der Waals surface area (Å²) in [4.78, 5) is 0.947. The summed E-state index contributed by atoms with van der Waals surface area (Å²) in [6.07, 6.45) is 7.57. The molecule has 1 rings (SSSR count). The molecule has 0 saturated heterocycles. The quantitative estimate of drug-likeness (QED) is 0.330. The Balaban J connectivity index is 3.07. The van der Waals surface area contributed by atoms with Crippen LogP contribution in [-0.2, 0) is 10.8 Å². The van der Waals surface area contributed by atoms with E-state index in [2.05, 4.69) is 27.4 Å². The molecule has 0 spiro atoms. The fourth-order valence-electron chi connectivity index (χ4n) is 3.22. The Morgan fingerprint density at radius 2 is 1.35 bits per heavy atom. The third kappa shape index (κ3) is 6.37. The molecule has 23 heavy (non-hydrogen) atoms. The molecule has 0 radical (unpaired) electrons. The van der Waals surface area contributed by atoms with Crippen molar-refractivity contribution in [3.05, 3.63) is 39.8 Å². The van der Waals surface area contributed by atoms with Gasteiger partial charge in [-0.1, -0.05) is 0 Å². The van der Waals surface area contributed by atoms with Crippen molar-refractivity contribution >= 4 is 29.2 Å². The van der Waals surface area contributed by atoms with Crippen LogP contribution in [0.25, 0.3) is 0 Å². The predicted octanol–water partition coefficient (Wildman–Crippen LogP) is 6.70. The van der Waals surface area contributed by atoms with Crippen LogP contribution >= 0.6 is 0 Å². The number of hydrogen-bond acceptors (Lipinski definition) is 1. The Hall–Kier alpha value is -0.0913. The number of unbranched alkanes of at least 4 members (excludes halogenated alkanes) is 3. The van der Waals surface area contributed by atoms with E-state index in [1.165, 1.54) is 54.8 Å². The summed E-state index contributed by atoms with van der Waals surface area (Å²) in [5.41, 5.74) is 0. The zero-order valence-electron chi connectivity index (χ0n) is 15.3. The SMILES string of the molecule is C=[C]([S@@](=O)c1ccccc1)[Sn]([CH2]CCC)([CH2]CCC)[CH2]CCC. The Labute approximate surface area is 150 Å². The van der Waals surface area contributed by atoms with Gasteiger partial charge in [0, 0.05) is 0 Å². The topological polar surface area (TPSA) is 17.1 Å². The first-order chi connectivity index (χ1) is 11.1. The summed E-state index contributed by atoms with van der Waals surface area (Å²) in [7, 11) is -1.01. The van der Waals surface area contributed by atoms with Gasteiger partial charge >= 0.3 is 151 Å². The summed E-state index contributed by atoms with van der Waals surface area (Å²) in [5, 5.41) is 0. The molecule has 0 aromatic heterocycles. The van der Waals surface area contributed by atoms with Crippen molar-refractivity contribution in [2.75, 3.05) is 0 Å². The summed E-state index contributed by atoms with van der Waals surface area (Å²) in [6.45, 7) is 11.3. The van der Waals surface area contributed by atoms with Gasteiger partial charge in [0.2, 0.25) is 0 Å². The summed E-state index contributed by atoms with van der Waals surface area (Å²) >= 11 is -2.60. The van der Waals surface area contributed by atoms with E-state index in [0.717, 1.165) is 4.90 Å². The van der Waals surface area contributed by atoms with Crippen LogP contribution in [0.3, 0.4) is 0 Å². The summed E-state index contributed by atoms with van der Waals surface area (Å²) in [6, 6.07) is 9.96. The third-order valence-electron chi connectivity index (χ3n) is 4.80. The van der Waals surface area contributed by atoms with Crippen LogP contribution < -0.4 is 0 Å². The molecule has 0 aliphatic carbocycles. The molecule has 0 unspecified atom stereocenters. The Bertz CT molecular complexity index is 462. The molecule has 1 atom stereocenters. The molecule has 0 amide bonds. The van der Waals surface area contributed by atoms with Crippen molar-refractivity contribution in [1.82, 2.24) is 0 Å². The van der Waals surface area contributed by atoms with Gasteiger partial charge in [0.05, 0.1) is 0 Å². The molecule has 0 aliphatic heterocycles. The Kier molecular flexibility index (Phi) is 10.4. The molecule has 1 nitrogen and oxygen atoms in total. The van der Waals surface area contributed by atoms with Crippen molar-refractivity contribution in [2.45, 2.75) is 77.5 Å². The van der Waals surface area contributed by atoms with Crippen LogP contribution in [0.1, 0.15) is 59.3 Å². The number of benzene rings is 1. The van der Waals surface area contributed by atoms with Crippen molar-refractivity contribution < 1.29 is 4.21 Å². The van der Waals surface area contributed by atoms with Crippen LogP contribution in [-0.4, -0.2) is 22.6 Å². The van der Waals surface area contributed by atoms with E-state index in [9.17, 15) is 4.21 Å². The molecule has 1 aromatic carbocycles. The van der Waals surface area contributed by atoms with Gasteiger partial charge in [-0.25, -0.2) is 0 Å². The molecular weight excluding hydrogens is 407 g/mol. The second-order valence-corrected chi connectivity index (χ2v) is 22.4. The number of rotatable bonds is 12. The molecule has 0 bridgehead atoms. The van der Waals surface area contributed by atoms with Gasteiger partial charge in [0.25, 0.3) is 0 Å². The van der Waals surface area contributed by atoms with Gasteiger partial charge in [-0.15, -0.1) is 0 Å². The van der Waals surface area contributed by atoms with E-state index in [4.69, 9.17) is 0 Å². The molecule has 0 heterocycles. The first-order valence-electron chi connectivity index (χ1n) is 9.27. The van der Waals surface area contributed by atoms with Gasteiger partial charge in [-0.3, -0.25) is 0 Å².